The number of esters is 1. The van der Waals surface area contributed by atoms with E-state index in [4.69, 9.17) is 9.47 Å². The number of likely N-dealkylation sites (N-methyl/N-ethyl adjacent to an activating group) is 2. The van der Waals surface area contributed by atoms with Crippen molar-refractivity contribution < 1.29 is 28.7 Å². The van der Waals surface area contributed by atoms with E-state index in [9.17, 15) is 19.2 Å². The zero-order chi connectivity index (χ0) is 30.4. The molecule has 3 aromatic carbocycles. The minimum absolute atomic E-state index is 0.0853. The standard InChI is InChI=1S/C33H39N3O6/c1-4-7-21-41-28-16-12-11-15-27(28)30(38)36-26-19-17-24(18-20-26)22-29(37)42-23-33(31(39)34-5-2,32(40)35-6-3)25-13-9-8-10-14-25/h8-20H,4-7,21-23H2,1-3H3,(H,34,39)(H,35,40)(H,36,38). The lowest BCUT2D eigenvalue weighted by Crippen LogP contribution is -2.57. The number of carbonyl (C=O) groups excluding carboxylic acids is 4. The Labute approximate surface area is 247 Å². The van der Waals surface area contributed by atoms with Crippen molar-refractivity contribution in [3.8, 4) is 5.75 Å². The van der Waals surface area contributed by atoms with E-state index in [1.165, 1.54) is 0 Å². The number of nitrogens with one attached hydrogen (secondary N) is 3. The van der Waals surface area contributed by atoms with Gasteiger partial charge < -0.3 is 25.4 Å². The zero-order valence-corrected chi connectivity index (χ0v) is 24.4. The van der Waals surface area contributed by atoms with Gasteiger partial charge in [0.25, 0.3) is 5.91 Å². The van der Waals surface area contributed by atoms with Gasteiger partial charge in [-0.1, -0.05) is 67.9 Å². The van der Waals surface area contributed by atoms with Gasteiger partial charge in [0.1, 0.15) is 12.4 Å². The molecule has 0 fully saturated rings. The molecule has 0 saturated heterocycles. The molecule has 3 amide bonds. The van der Waals surface area contributed by atoms with Crippen molar-refractivity contribution in [2.24, 2.45) is 0 Å². The van der Waals surface area contributed by atoms with Crippen LogP contribution in [-0.4, -0.2) is 50.0 Å². The lowest BCUT2D eigenvalue weighted by atomic mass is 9.79. The van der Waals surface area contributed by atoms with Gasteiger partial charge in [0, 0.05) is 18.8 Å². The van der Waals surface area contributed by atoms with Crippen LogP contribution in [0.5, 0.6) is 5.75 Å². The molecule has 0 aliphatic carbocycles. The zero-order valence-electron chi connectivity index (χ0n) is 24.4. The van der Waals surface area contributed by atoms with Gasteiger partial charge in [-0.3, -0.25) is 19.2 Å². The fraction of sp³-hybridized carbons (Fsp3) is 0.333. The Morgan fingerprint density at radius 1 is 0.762 bits per heavy atom. The van der Waals surface area contributed by atoms with E-state index in [0.29, 0.717) is 47.8 Å². The molecule has 0 bridgehead atoms. The van der Waals surface area contributed by atoms with Gasteiger partial charge in [0.15, 0.2) is 5.41 Å². The lowest BCUT2D eigenvalue weighted by Gasteiger charge is -2.31. The third-order valence-electron chi connectivity index (χ3n) is 6.61. The predicted molar refractivity (Wildman–Crippen MR) is 161 cm³/mol. The molecule has 0 saturated carbocycles. The molecule has 0 atom stereocenters. The SMILES string of the molecule is CCCCOc1ccccc1C(=O)Nc1ccc(CC(=O)OCC(C(=O)NCC)(C(=O)NCC)c2ccccc2)cc1. The highest BCUT2D eigenvalue weighted by atomic mass is 16.5. The van der Waals surface area contributed by atoms with Crippen LogP contribution in [0.2, 0.25) is 0 Å². The van der Waals surface area contributed by atoms with Crippen LogP contribution in [0.4, 0.5) is 5.69 Å². The van der Waals surface area contributed by atoms with E-state index < -0.39 is 29.8 Å². The van der Waals surface area contributed by atoms with E-state index in [0.717, 1.165) is 12.8 Å². The van der Waals surface area contributed by atoms with Crippen molar-refractivity contribution in [3.63, 3.8) is 0 Å². The molecule has 0 aliphatic rings. The maximum atomic E-state index is 13.3. The number of hydrogen-bond donors (Lipinski definition) is 3. The van der Waals surface area contributed by atoms with E-state index in [-0.39, 0.29) is 12.3 Å². The van der Waals surface area contributed by atoms with Crippen molar-refractivity contribution >= 4 is 29.4 Å². The molecule has 3 aromatic rings. The molecular formula is C33H39N3O6. The number of rotatable bonds is 15. The van der Waals surface area contributed by atoms with Crippen LogP contribution in [0.15, 0.2) is 78.9 Å². The van der Waals surface area contributed by atoms with Crippen molar-refractivity contribution in [1.29, 1.82) is 0 Å². The lowest BCUT2D eigenvalue weighted by molar-refractivity contribution is -0.150. The Kier molecular flexibility index (Phi) is 12.1. The molecule has 0 unspecified atom stereocenters. The van der Waals surface area contributed by atoms with Gasteiger partial charge in [-0.25, -0.2) is 0 Å². The van der Waals surface area contributed by atoms with Crippen molar-refractivity contribution in [2.45, 2.75) is 45.4 Å². The fourth-order valence-corrected chi connectivity index (χ4v) is 4.34. The highest BCUT2D eigenvalue weighted by Gasteiger charge is 2.48. The van der Waals surface area contributed by atoms with Gasteiger partial charge in [-0.2, -0.15) is 0 Å². The summed E-state index contributed by atoms with van der Waals surface area (Å²) in [4.78, 5) is 52.3. The molecular weight excluding hydrogens is 534 g/mol. The Bertz CT molecular complexity index is 1320. The smallest absolute Gasteiger partial charge is 0.310 e. The first kappa shape index (κ1) is 31.9. The second kappa shape index (κ2) is 16.0. The Morgan fingerprint density at radius 2 is 1.38 bits per heavy atom. The van der Waals surface area contributed by atoms with Gasteiger partial charge in [-0.05, 0) is 55.7 Å². The minimum atomic E-state index is -1.74. The summed E-state index contributed by atoms with van der Waals surface area (Å²) < 4.78 is 11.3. The first-order valence-corrected chi connectivity index (χ1v) is 14.3. The van der Waals surface area contributed by atoms with Crippen LogP contribution in [-0.2, 0) is 31.0 Å². The van der Waals surface area contributed by atoms with Gasteiger partial charge in [0.05, 0.1) is 18.6 Å². The summed E-state index contributed by atoms with van der Waals surface area (Å²) in [7, 11) is 0. The van der Waals surface area contributed by atoms with Crippen LogP contribution in [0.1, 0.15) is 55.1 Å². The summed E-state index contributed by atoms with van der Waals surface area (Å²) in [5.41, 5.74) is 0.307. The number of para-hydroxylation sites is 1. The molecule has 0 aliphatic heterocycles. The predicted octanol–water partition coefficient (Wildman–Crippen LogP) is 4.41. The number of hydrogen-bond acceptors (Lipinski definition) is 6. The van der Waals surface area contributed by atoms with Crippen LogP contribution in [0.3, 0.4) is 0 Å². The van der Waals surface area contributed by atoms with E-state index in [1.807, 2.05) is 6.07 Å². The van der Waals surface area contributed by atoms with Crippen molar-refractivity contribution in [3.05, 3.63) is 95.6 Å². The second-order valence-electron chi connectivity index (χ2n) is 9.68. The van der Waals surface area contributed by atoms with Gasteiger partial charge in [-0.15, -0.1) is 0 Å². The molecule has 42 heavy (non-hydrogen) atoms. The second-order valence-corrected chi connectivity index (χ2v) is 9.68. The van der Waals surface area contributed by atoms with Gasteiger partial charge >= 0.3 is 5.97 Å². The number of ether oxygens (including phenoxy) is 2. The number of amides is 3. The van der Waals surface area contributed by atoms with Gasteiger partial charge in [0.2, 0.25) is 11.8 Å². The van der Waals surface area contributed by atoms with Crippen molar-refractivity contribution in [1.82, 2.24) is 10.6 Å². The minimum Gasteiger partial charge on any atom is -0.493 e. The van der Waals surface area contributed by atoms with Crippen LogP contribution in [0, 0.1) is 0 Å². The molecule has 0 spiro atoms. The quantitative estimate of drug-likeness (QED) is 0.141. The summed E-state index contributed by atoms with van der Waals surface area (Å²) in [5, 5.41) is 8.29. The maximum absolute atomic E-state index is 13.3. The highest BCUT2D eigenvalue weighted by molar-refractivity contribution is 6.11. The average molecular weight is 574 g/mol. The van der Waals surface area contributed by atoms with Crippen LogP contribution >= 0.6 is 0 Å². The summed E-state index contributed by atoms with van der Waals surface area (Å²) in [6.07, 6.45) is 1.80. The largest absolute Gasteiger partial charge is 0.493 e. The van der Waals surface area contributed by atoms with Crippen molar-refractivity contribution in [2.75, 3.05) is 31.6 Å². The Balaban J connectivity index is 1.68. The summed E-state index contributed by atoms with van der Waals surface area (Å²) in [6, 6.07) is 22.4. The summed E-state index contributed by atoms with van der Waals surface area (Å²) >= 11 is 0. The number of unbranched alkanes of at least 4 members (excludes halogenated alkanes) is 1. The number of carbonyl (C=O) groups is 4. The molecule has 0 aromatic heterocycles. The average Bonchev–Trinajstić information content (AvgIpc) is 2.99. The topological polar surface area (TPSA) is 123 Å². The fourth-order valence-electron chi connectivity index (χ4n) is 4.34. The van der Waals surface area contributed by atoms with E-state index >= 15 is 0 Å². The molecule has 3 rings (SSSR count). The summed E-state index contributed by atoms with van der Waals surface area (Å²) in [5.74, 6) is -1.48. The molecule has 0 radical (unpaired) electrons. The molecule has 222 valence electrons. The number of benzene rings is 3. The molecule has 9 nitrogen and oxygen atoms in total. The number of anilines is 1. The maximum Gasteiger partial charge on any atom is 0.310 e. The Hall–Kier alpha value is -4.66. The first-order valence-electron chi connectivity index (χ1n) is 14.3. The highest BCUT2D eigenvalue weighted by Crippen LogP contribution is 2.27. The Morgan fingerprint density at radius 3 is 2.00 bits per heavy atom. The molecule has 9 heteroatoms. The van der Waals surface area contributed by atoms with E-state index in [1.54, 1.807) is 86.6 Å². The third kappa shape index (κ3) is 8.19. The molecule has 0 heterocycles. The van der Waals surface area contributed by atoms with Crippen LogP contribution < -0.4 is 20.7 Å². The summed E-state index contributed by atoms with van der Waals surface area (Å²) in [6.45, 7) is 6.27. The normalized spacial score (nSPS) is 10.8. The monoisotopic (exact) mass is 573 g/mol. The first-order chi connectivity index (χ1) is 20.3. The third-order valence-corrected chi connectivity index (χ3v) is 6.61. The molecule has 3 N–H and O–H groups in total. The van der Waals surface area contributed by atoms with E-state index in [2.05, 4.69) is 22.9 Å². The van der Waals surface area contributed by atoms with Crippen LogP contribution in [0.25, 0.3) is 0 Å².